The van der Waals surface area contributed by atoms with Crippen molar-refractivity contribution >= 4 is 11.9 Å². The van der Waals surface area contributed by atoms with Gasteiger partial charge in [0.05, 0.1) is 20.8 Å². The van der Waals surface area contributed by atoms with Crippen LogP contribution in [-0.4, -0.2) is 57.7 Å². The van der Waals surface area contributed by atoms with Gasteiger partial charge in [0.2, 0.25) is 5.91 Å². The van der Waals surface area contributed by atoms with Crippen LogP contribution in [0.15, 0.2) is 23.2 Å². The molecule has 0 aliphatic carbocycles. The maximum Gasteiger partial charge on any atom is 0.241 e. The number of hydrogen-bond acceptors (Lipinski definition) is 4. The highest BCUT2D eigenvalue weighted by atomic mass is 16.5. The van der Waals surface area contributed by atoms with E-state index in [1.807, 2.05) is 23.1 Å². The average molecular weight is 348 g/mol. The number of guanidine groups is 1. The van der Waals surface area contributed by atoms with Gasteiger partial charge in [0.25, 0.3) is 0 Å². The summed E-state index contributed by atoms with van der Waals surface area (Å²) in [5.41, 5.74) is 1.03. The van der Waals surface area contributed by atoms with Crippen LogP contribution in [0.4, 0.5) is 0 Å². The fourth-order valence-corrected chi connectivity index (χ4v) is 2.81. The number of nitrogens with one attached hydrogen (secondary N) is 2. The van der Waals surface area contributed by atoms with E-state index in [4.69, 9.17) is 9.47 Å². The Morgan fingerprint density at radius 3 is 2.48 bits per heavy atom. The number of nitrogens with zero attached hydrogens (tertiary/aromatic N) is 2. The van der Waals surface area contributed by atoms with Crippen molar-refractivity contribution in [3.8, 4) is 11.5 Å². The standard InChI is InChI=1S/C18H28N4O3/c1-19-18(21-13-17(23)22-9-5-4-6-10-22)20-12-14-7-8-15(24-2)16(11-14)25-3/h7-8,11H,4-6,9-10,12-13H2,1-3H3,(H2,19,20,21). The number of carbonyl (C=O) groups excluding carboxylic acids is 1. The Morgan fingerprint density at radius 2 is 1.84 bits per heavy atom. The van der Waals surface area contributed by atoms with Crippen LogP contribution in [0, 0.1) is 0 Å². The average Bonchev–Trinajstić information content (AvgIpc) is 2.68. The second-order valence-corrected chi connectivity index (χ2v) is 5.91. The van der Waals surface area contributed by atoms with Crippen LogP contribution < -0.4 is 20.1 Å². The summed E-state index contributed by atoms with van der Waals surface area (Å²) < 4.78 is 10.5. The molecular weight excluding hydrogens is 320 g/mol. The SMILES string of the molecule is CN=C(NCC(=O)N1CCCCC1)NCc1ccc(OC)c(OC)c1. The molecule has 0 spiro atoms. The number of piperidine rings is 1. The highest BCUT2D eigenvalue weighted by Crippen LogP contribution is 2.27. The van der Waals surface area contributed by atoms with Gasteiger partial charge in [-0.1, -0.05) is 6.07 Å². The number of methoxy groups -OCH3 is 2. The largest absolute Gasteiger partial charge is 0.493 e. The number of likely N-dealkylation sites (tertiary alicyclic amines) is 1. The number of amides is 1. The summed E-state index contributed by atoms with van der Waals surface area (Å²) >= 11 is 0. The van der Waals surface area contributed by atoms with E-state index in [1.54, 1.807) is 21.3 Å². The molecule has 0 aromatic heterocycles. The first-order valence-corrected chi connectivity index (χ1v) is 8.61. The van der Waals surface area contributed by atoms with Crippen LogP contribution in [0.1, 0.15) is 24.8 Å². The molecule has 1 amide bonds. The summed E-state index contributed by atoms with van der Waals surface area (Å²) in [5, 5.41) is 6.28. The van der Waals surface area contributed by atoms with Gasteiger partial charge in [-0.25, -0.2) is 0 Å². The Bertz CT molecular complexity index is 598. The van der Waals surface area contributed by atoms with Crippen molar-refractivity contribution in [2.45, 2.75) is 25.8 Å². The Kier molecular flexibility index (Phi) is 7.37. The number of aliphatic imine (C=N–C) groups is 1. The maximum absolute atomic E-state index is 12.2. The number of carbonyl (C=O) groups is 1. The normalized spacial score (nSPS) is 14.8. The summed E-state index contributed by atoms with van der Waals surface area (Å²) in [7, 11) is 4.91. The van der Waals surface area contributed by atoms with E-state index in [0.717, 1.165) is 31.5 Å². The maximum atomic E-state index is 12.2. The second kappa shape index (κ2) is 9.76. The molecule has 1 aromatic rings. The van der Waals surface area contributed by atoms with Crippen molar-refractivity contribution in [3.63, 3.8) is 0 Å². The van der Waals surface area contributed by atoms with Gasteiger partial charge in [-0.05, 0) is 37.0 Å². The molecule has 0 saturated carbocycles. The van der Waals surface area contributed by atoms with Gasteiger partial charge in [0.1, 0.15) is 0 Å². The number of ether oxygens (including phenoxy) is 2. The van der Waals surface area contributed by atoms with E-state index in [0.29, 0.717) is 24.0 Å². The van der Waals surface area contributed by atoms with Gasteiger partial charge >= 0.3 is 0 Å². The zero-order valence-electron chi connectivity index (χ0n) is 15.3. The van der Waals surface area contributed by atoms with Crippen LogP contribution in [0.25, 0.3) is 0 Å². The van der Waals surface area contributed by atoms with Crippen LogP contribution in [0.5, 0.6) is 11.5 Å². The predicted molar refractivity (Wildman–Crippen MR) is 98.2 cm³/mol. The Balaban J connectivity index is 1.82. The number of rotatable bonds is 6. The summed E-state index contributed by atoms with van der Waals surface area (Å²) in [5.74, 6) is 2.10. The molecule has 1 saturated heterocycles. The lowest BCUT2D eigenvalue weighted by atomic mass is 10.1. The van der Waals surface area contributed by atoms with Crippen molar-refractivity contribution in [2.75, 3.05) is 40.9 Å². The zero-order chi connectivity index (χ0) is 18.1. The van der Waals surface area contributed by atoms with Gasteiger partial charge in [-0.3, -0.25) is 9.79 Å². The van der Waals surface area contributed by atoms with E-state index in [1.165, 1.54) is 6.42 Å². The molecule has 25 heavy (non-hydrogen) atoms. The van der Waals surface area contributed by atoms with Crippen molar-refractivity contribution in [3.05, 3.63) is 23.8 Å². The van der Waals surface area contributed by atoms with Gasteiger partial charge in [-0.15, -0.1) is 0 Å². The Morgan fingerprint density at radius 1 is 1.12 bits per heavy atom. The number of hydrogen-bond donors (Lipinski definition) is 2. The highest BCUT2D eigenvalue weighted by Gasteiger charge is 2.16. The van der Waals surface area contributed by atoms with Crippen molar-refractivity contribution in [2.24, 2.45) is 4.99 Å². The molecule has 138 valence electrons. The molecule has 2 rings (SSSR count). The Hall–Kier alpha value is -2.44. The quantitative estimate of drug-likeness (QED) is 0.600. The van der Waals surface area contributed by atoms with Gasteiger partial charge in [0.15, 0.2) is 17.5 Å². The molecule has 0 atom stereocenters. The first-order valence-electron chi connectivity index (χ1n) is 8.61. The topological polar surface area (TPSA) is 75.2 Å². The lowest BCUT2D eigenvalue weighted by molar-refractivity contribution is -0.130. The van der Waals surface area contributed by atoms with E-state index < -0.39 is 0 Å². The molecule has 1 heterocycles. The molecule has 1 aliphatic rings. The fourth-order valence-electron chi connectivity index (χ4n) is 2.81. The second-order valence-electron chi connectivity index (χ2n) is 5.91. The summed E-state index contributed by atoms with van der Waals surface area (Å²) in [6, 6.07) is 5.74. The zero-order valence-corrected chi connectivity index (χ0v) is 15.3. The first kappa shape index (κ1) is 18.9. The third-order valence-electron chi connectivity index (χ3n) is 4.25. The lowest BCUT2D eigenvalue weighted by Gasteiger charge is -2.27. The van der Waals surface area contributed by atoms with Crippen LogP contribution in [0.3, 0.4) is 0 Å². The minimum absolute atomic E-state index is 0.119. The van der Waals surface area contributed by atoms with Gasteiger partial charge in [0, 0.05) is 26.7 Å². The predicted octanol–water partition coefficient (Wildman–Crippen LogP) is 1.38. The molecule has 2 N–H and O–H groups in total. The smallest absolute Gasteiger partial charge is 0.241 e. The fraction of sp³-hybridized carbons (Fsp3) is 0.556. The molecule has 0 radical (unpaired) electrons. The van der Waals surface area contributed by atoms with Crippen LogP contribution in [-0.2, 0) is 11.3 Å². The van der Waals surface area contributed by atoms with Crippen molar-refractivity contribution < 1.29 is 14.3 Å². The molecule has 7 heteroatoms. The third kappa shape index (κ3) is 5.55. The molecule has 1 aliphatic heterocycles. The highest BCUT2D eigenvalue weighted by molar-refractivity contribution is 5.86. The Labute approximate surface area is 149 Å². The third-order valence-corrected chi connectivity index (χ3v) is 4.25. The van der Waals surface area contributed by atoms with E-state index in [2.05, 4.69) is 15.6 Å². The molecule has 0 unspecified atom stereocenters. The molecule has 1 fully saturated rings. The molecule has 7 nitrogen and oxygen atoms in total. The number of benzene rings is 1. The van der Waals surface area contributed by atoms with Crippen molar-refractivity contribution in [1.82, 2.24) is 15.5 Å². The molecule has 0 bridgehead atoms. The summed E-state index contributed by atoms with van der Waals surface area (Å²) in [6.07, 6.45) is 3.40. The van der Waals surface area contributed by atoms with Gasteiger partial charge < -0.3 is 25.0 Å². The monoisotopic (exact) mass is 348 g/mol. The van der Waals surface area contributed by atoms with Crippen LogP contribution in [0.2, 0.25) is 0 Å². The van der Waals surface area contributed by atoms with Crippen LogP contribution >= 0.6 is 0 Å². The first-order chi connectivity index (χ1) is 12.2. The van der Waals surface area contributed by atoms with Gasteiger partial charge in [-0.2, -0.15) is 0 Å². The lowest BCUT2D eigenvalue weighted by Crippen LogP contribution is -2.45. The summed E-state index contributed by atoms with van der Waals surface area (Å²) in [4.78, 5) is 18.3. The summed E-state index contributed by atoms with van der Waals surface area (Å²) in [6.45, 7) is 2.54. The van der Waals surface area contributed by atoms with E-state index in [9.17, 15) is 4.79 Å². The minimum atomic E-state index is 0.119. The van der Waals surface area contributed by atoms with E-state index in [-0.39, 0.29) is 12.5 Å². The van der Waals surface area contributed by atoms with E-state index >= 15 is 0 Å². The molecule has 1 aromatic carbocycles. The molecular formula is C18H28N4O3. The minimum Gasteiger partial charge on any atom is -0.493 e. The van der Waals surface area contributed by atoms with Crippen molar-refractivity contribution in [1.29, 1.82) is 0 Å².